The van der Waals surface area contributed by atoms with Crippen molar-refractivity contribution in [2.24, 2.45) is 0 Å². The van der Waals surface area contributed by atoms with Crippen LogP contribution in [0.5, 0.6) is 5.75 Å². The Hall–Kier alpha value is -1.32. The van der Waals surface area contributed by atoms with Crippen LogP contribution in [-0.2, 0) is 4.43 Å². The molecule has 0 aromatic heterocycles. The molecule has 0 saturated heterocycles. The Morgan fingerprint density at radius 1 is 1.14 bits per heavy atom. The topological polar surface area (TPSA) is 18.5 Å². The van der Waals surface area contributed by atoms with Crippen LogP contribution < -0.4 is 4.74 Å². The second-order valence-electron chi connectivity index (χ2n) is 5.29. The van der Waals surface area contributed by atoms with Crippen LogP contribution in [-0.4, -0.2) is 15.4 Å². The molecule has 0 radical (unpaired) electrons. The van der Waals surface area contributed by atoms with Gasteiger partial charge in [0.05, 0.1) is 13.2 Å². The molecule has 0 fully saturated rings. The Labute approximate surface area is 130 Å². The molecule has 0 aliphatic heterocycles. The largest absolute Gasteiger partial charge is 0.497 e. The number of benzene rings is 1. The lowest BCUT2D eigenvalue weighted by Gasteiger charge is -2.34. The first-order valence-corrected chi connectivity index (χ1v) is 10.2. The molecule has 0 amide bonds. The van der Waals surface area contributed by atoms with Gasteiger partial charge in [-0.25, -0.2) is 0 Å². The summed E-state index contributed by atoms with van der Waals surface area (Å²) in [4.78, 5) is 0. The molecule has 0 bridgehead atoms. The van der Waals surface area contributed by atoms with Crippen LogP contribution in [0.3, 0.4) is 0 Å². The van der Waals surface area contributed by atoms with Crippen molar-refractivity contribution in [2.45, 2.75) is 45.0 Å². The second-order valence-corrected chi connectivity index (χ2v) is 10.0. The summed E-state index contributed by atoms with van der Waals surface area (Å²) in [6.07, 6.45) is 1.70. The molecule has 21 heavy (non-hydrogen) atoms. The fraction of sp³-hybridized carbons (Fsp3) is 0.444. The van der Waals surface area contributed by atoms with Gasteiger partial charge in [-0.05, 0) is 41.4 Å². The maximum Gasteiger partial charge on any atom is 0.193 e. The van der Waals surface area contributed by atoms with Crippen molar-refractivity contribution in [1.29, 1.82) is 0 Å². The van der Waals surface area contributed by atoms with E-state index in [4.69, 9.17) is 9.16 Å². The molecule has 0 saturated carbocycles. The first-order valence-electron chi connectivity index (χ1n) is 7.68. The zero-order chi connectivity index (χ0) is 15.9. The monoisotopic (exact) mass is 304 g/mol. The van der Waals surface area contributed by atoms with Gasteiger partial charge < -0.3 is 9.16 Å². The highest BCUT2D eigenvalue weighted by Gasteiger charge is 2.33. The van der Waals surface area contributed by atoms with Crippen LogP contribution in [0.15, 0.2) is 49.1 Å². The molecule has 1 rings (SSSR count). The van der Waals surface area contributed by atoms with Gasteiger partial charge in [-0.3, -0.25) is 0 Å². The van der Waals surface area contributed by atoms with Crippen molar-refractivity contribution in [3.63, 3.8) is 0 Å². The number of rotatable bonds is 9. The van der Waals surface area contributed by atoms with E-state index in [1.54, 1.807) is 13.2 Å². The van der Waals surface area contributed by atoms with Gasteiger partial charge in [-0.15, -0.1) is 0 Å². The third kappa shape index (κ3) is 4.32. The van der Waals surface area contributed by atoms with E-state index in [0.717, 1.165) is 35.0 Å². The predicted molar refractivity (Wildman–Crippen MR) is 93.4 cm³/mol. The molecular weight excluding hydrogens is 276 g/mol. The number of hydrogen-bond acceptors (Lipinski definition) is 2. The first kappa shape index (κ1) is 17.7. The van der Waals surface area contributed by atoms with Crippen LogP contribution in [0.25, 0.3) is 0 Å². The van der Waals surface area contributed by atoms with Crippen molar-refractivity contribution >= 4 is 8.32 Å². The van der Waals surface area contributed by atoms with E-state index in [9.17, 15) is 0 Å². The number of methoxy groups -OCH3 is 1. The summed E-state index contributed by atoms with van der Waals surface area (Å²) in [6, 6.07) is 11.4. The van der Waals surface area contributed by atoms with Crippen LogP contribution >= 0.6 is 0 Å². The molecule has 0 heterocycles. The van der Waals surface area contributed by atoms with Gasteiger partial charge in [0.1, 0.15) is 5.75 Å². The highest BCUT2D eigenvalue weighted by atomic mass is 28.4. The fourth-order valence-corrected chi connectivity index (χ4v) is 5.28. The minimum Gasteiger partial charge on any atom is -0.497 e. The lowest BCUT2D eigenvalue weighted by molar-refractivity contribution is 0.230. The molecule has 0 N–H and O–H groups in total. The summed E-state index contributed by atoms with van der Waals surface area (Å²) in [5, 5.41) is 0. The van der Waals surface area contributed by atoms with E-state index in [1.165, 1.54) is 0 Å². The number of hydrogen-bond donors (Lipinski definition) is 0. The predicted octanol–water partition coefficient (Wildman–Crippen LogP) is 5.50. The van der Waals surface area contributed by atoms with E-state index in [0.29, 0.717) is 0 Å². The summed E-state index contributed by atoms with van der Waals surface area (Å²) >= 11 is 0. The van der Waals surface area contributed by atoms with E-state index in [2.05, 4.69) is 46.1 Å². The Morgan fingerprint density at radius 2 is 1.67 bits per heavy atom. The fourth-order valence-electron chi connectivity index (χ4n) is 2.49. The summed E-state index contributed by atoms with van der Waals surface area (Å²) in [5.41, 5.74) is 2.04. The van der Waals surface area contributed by atoms with E-state index in [1.807, 2.05) is 12.1 Å². The van der Waals surface area contributed by atoms with E-state index < -0.39 is 8.32 Å². The molecule has 116 valence electrons. The summed E-state index contributed by atoms with van der Waals surface area (Å²) in [5.74, 6) is 0.853. The molecule has 0 unspecified atom stereocenters. The van der Waals surface area contributed by atoms with Gasteiger partial charge in [0, 0.05) is 0 Å². The first-order chi connectivity index (χ1) is 10.1. The van der Waals surface area contributed by atoms with Gasteiger partial charge in [-0.1, -0.05) is 52.1 Å². The highest BCUT2D eigenvalue weighted by Crippen LogP contribution is 2.34. The Bertz CT molecular complexity index is 452. The third-order valence-electron chi connectivity index (χ3n) is 4.32. The zero-order valence-corrected chi connectivity index (χ0v) is 14.8. The minimum absolute atomic E-state index is 0.0973. The summed E-state index contributed by atoms with van der Waals surface area (Å²) < 4.78 is 11.9. The molecule has 1 aromatic rings. The Morgan fingerprint density at radius 3 is 2.05 bits per heavy atom. The minimum atomic E-state index is -1.70. The van der Waals surface area contributed by atoms with Crippen molar-refractivity contribution in [3.8, 4) is 5.75 Å². The van der Waals surface area contributed by atoms with E-state index >= 15 is 0 Å². The van der Waals surface area contributed by atoms with Crippen LogP contribution in [0.1, 0.15) is 32.4 Å². The van der Waals surface area contributed by atoms with Gasteiger partial charge in [-0.2, -0.15) is 0 Å². The van der Waals surface area contributed by atoms with Gasteiger partial charge in [0.25, 0.3) is 0 Å². The summed E-state index contributed by atoms with van der Waals surface area (Å²) in [7, 11) is -0.0286. The highest BCUT2D eigenvalue weighted by molar-refractivity contribution is 6.73. The summed E-state index contributed by atoms with van der Waals surface area (Å²) in [6.45, 7) is 14.7. The van der Waals surface area contributed by atoms with Crippen molar-refractivity contribution in [2.75, 3.05) is 7.11 Å². The SMILES string of the molecule is C=CC(=C)[C@@H](O[Si](CC)(CC)CC)c1ccc(OC)cc1. The average Bonchev–Trinajstić information content (AvgIpc) is 2.56. The number of ether oxygens (including phenoxy) is 1. The molecule has 0 spiro atoms. The van der Waals surface area contributed by atoms with Crippen LogP contribution in [0, 0.1) is 0 Å². The smallest absolute Gasteiger partial charge is 0.193 e. The van der Waals surface area contributed by atoms with Crippen molar-refractivity contribution in [3.05, 3.63) is 54.6 Å². The van der Waals surface area contributed by atoms with Gasteiger partial charge >= 0.3 is 0 Å². The standard InChI is InChI=1S/C18H28O2Si/c1-7-15(5)18(20-21(8-2,9-3)10-4)16-11-13-17(19-6)14-12-16/h7,11-14,18H,1,5,8-10H2,2-4,6H3/t18-/m1/s1. The normalized spacial score (nSPS) is 12.8. The molecule has 0 aliphatic carbocycles. The molecule has 1 atom stereocenters. The maximum atomic E-state index is 6.63. The van der Waals surface area contributed by atoms with Crippen molar-refractivity contribution in [1.82, 2.24) is 0 Å². The third-order valence-corrected chi connectivity index (χ3v) is 8.92. The van der Waals surface area contributed by atoms with Gasteiger partial charge in [0.2, 0.25) is 0 Å². The molecule has 0 aliphatic rings. The van der Waals surface area contributed by atoms with Crippen LogP contribution in [0.4, 0.5) is 0 Å². The Balaban J connectivity index is 3.10. The zero-order valence-electron chi connectivity index (χ0n) is 13.8. The average molecular weight is 305 g/mol. The molecule has 1 aromatic carbocycles. The molecular formula is C18H28O2Si. The lowest BCUT2D eigenvalue weighted by Crippen LogP contribution is -2.37. The second kappa shape index (κ2) is 8.20. The van der Waals surface area contributed by atoms with Crippen molar-refractivity contribution < 1.29 is 9.16 Å². The van der Waals surface area contributed by atoms with E-state index in [-0.39, 0.29) is 6.10 Å². The molecule has 3 heteroatoms. The lowest BCUT2D eigenvalue weighted by atomic mass is 10.0. The van der Waals surface area contributed by atoms with Gasteiger partial charge in [0.15, 0.2) is 8.32 Å². The maximum absolute atomic E-state index is 6.63. The molecule has 2 nitrogen and oxygen atoms in total. The van der Waals surface area contributed by atoms with Crippen LogP contribution in [0.2, 0.25) is 18.1 Å². The Kier molecular flexibility index (Phi) is 6.92. The quantitative estimate of drug-likeness (QED) is 0.443.